The SMILES string of the molecule is CC/C=C\C/C=C\C/C=C\C/C=C\CCCCCCC(=O)OC(COC(=O)CCCCCCC/C=C\CCC)COC(=O)CCCCCCCCCCCCCCCCCCCCCCC/C=C\CCCCCCCCCC. The van der Waals surface area contributed by atoms with E-state index in [4.69, 9.17) is 14.2 Å². The molecule has 0 rings (SSSR count). The second kappa shape index (κ2) is 66.4. The third-order valence-electron chi connectivity index (χ3n) is 14.9. The number of carbonyl (C=O) groups excluding carboxylic acids is 3. The molecule has 6 heteroatoms. The van der Waals surface area contributed by atoms with Crippen LogP contribution in [0.4, 0.5) is 0 Å². The highest BCUT2D eigenvalue weighted by atomic mass is 16.6. The van der Waals surface area contributed by atoms with Gasteiger partial charge in [0.05, 0.1) is 0 Å². The Morgan fingerprint density at radius 3 is 0.846 bits per heavy atom. The number of allylic oxidation sites excluding steroid dienone is 12. The van der Waals surface area contributed by atoms with Gasteiger partial charge in [0.1, 0.15) is 13.2 Å². The van der Waals surface area contributed by atoms with Crippen LogP contribution >= 0.6 is 0 Å². The quantitative estimate of drug-likeness (QED) is 0.0261. The molecule has 1 unspecified atom stereocenters. The minimum atomic E-state index is -0.791. The Hall–Kier alpha value is -3.15. The number of unbranched alkanes of at least 4 members (excludes halogenated alkanes) is 39. The smallest absolute Gasteiger partial charge is 0.306 e. The first kappa shape index (κ1) is 74.8. The first-order valence-corrected chi connectivity index (χ1v) is 33.9. The molecule has 0 aliphatic rings. The highest BCUT2D eigenvalue weighted by Crippen LogP contribution is 2.18. The van der Waals surface area contributed by atoms with Crippen LogP contribution in [0.3, 0.4) is 0 Å². The Kier molecular flexibility index (Phi) is 63.7. The van der Waals surface area contributed by atoms with Crippen LogP contribution in [0.5, 0.6) is 0 Å². The van der Waals surface area contributed by atoms with E-state index in [1.165, 1.54) is 199 Å². The van der Waals surface area contributed by atoms with Crippen molar-refractivity contribution in [3.63, 3.8) is 0 Å². The maximum absolute atomic E-state index is 12.9. The van der Waals surface area contributed by atoms with Crippen molar-refractivity contribution in [2.45, 2.75) is 354 Å². The molecule has 78 heavy (non-hydrogen) atoms. The van der Waals surface area contributed by atoms with Gasteiger partial charge < -0.3 is 14.2 Å². The number of carbonyl (C=O) groups is 3. The van der Waals surface area contributed by atoms with E-state index in [9.17, 15) is 14.4 Å². The standard InChI is InChI=1S/C72H128O6/c1-4-7-10-13-16-19-22-24-26-28-29-30-31-32-33-34-35-36-37-38-39-40-41-42-43-45-46-48-50-53-56-59-62-65-71(74)77-68-69(67-76-70(73)64-61-58-55-52-21-18-15-12-9-6-3)78-72(75)66-63-60-57-54-51-49-47-44-27-25-23-20-17-14-11-8-5-2/h8,11-12,15,17,20,25,27-29,47,49,69H,4-7,9-10,13-14,16,18-19,21-24,26,30-46,48,50-68H2,1-3H3/b11-8-,15-12-,20-17-,27-25-,29-28-,49-47-. The zero-order valence-electron chi connectivity index (χ0n) is 51.9. The van der Waals surface area contributed by atoms with Crippen molar-refractivity contribution in [2.75, 3.05) is 13.2 Å². The largest absolute Gasteiger partial charge is 0.462 e. The molecule has 0 amide bonds. The predicted octanol–water partition coefficient (Wildman–Crippen LogP) is 23.3. The second-order valence-electron chi connectivity index (χ2n) is 22.7. The molecule has 0 aliphatic carbocycles. The number of esters is 3. The van der Waals surface area contributed by atoms with Crippen molar-refractivity contribution >= 4 is 17.9 Å². The first-order chi connectivity index (χ1) is 38.5. The number of hydrogen-bond donors (Lipinski definition) is 0. The summed E-state index contributed by atoms with van der Waals surface area (Å²) in [7, 11) is 0. The van der Waals surface area contributed by atoms with Crippen LogP contribution in [0.15, 0.2) is 72.9 Å². The molecule has 0 saturated carbocycles. The molecule has 0 aromatic rings. The highest BCUT2D eigenvalue weighted by Gasteiger charge is 2.19. The molecule has 0 saturated heterocycles. The zero-order valence-corrected chi connectivity index (χ0v) is 51.9. The van der Waals surface area contributed by atoms with Gasteiger partial charge in [-0.2, -0.15) is 0 Å². The van der Waals surface area contributed by atoms with Crippen LogP contribution in [0.2, 0.25) is 0 Å². The van der Waals surface area contributed by atoms with Crippen molar-refractivity contribution in [3.8, 4) is 0 Å². The minimum Gasteiger partial charge on any atom is -0.462 e. The van der Waals surface area contributed by atoms with Crippen molar-refractivity contribution in [3.05, 3.63) is 72.9 Å². The van der Waals surface area contributed by atoms with Crippen LogP contribution in [0.1, 0.15) is 348 Å². The Morgan fingerprint density at radius 2 is 0.526 bits per heavy atom. The van der Waals surface area contributed by atoms with Gasteiger partial charge in [0, 0.05) is 19.3 Å². The summed E-state index contributed by atoms with van der Waals surface area (Å²) in [5.74, 6) is -0.907. The Morgan fingerprint density at radius 1 is 0.269 bits per heavy atom. The number of rotatable bonds is 62. The normalized spacial score (nSPS) is 12.5. The van der Waals surface area contributed by atoms with Crippen LogP contribution in [0.25, 0.3) is 0 Å². The molecule has 0 aliphatic heterocycles. The van der Waals surface area contributed by atoms with Crippen LogP contribution in [0, 0.1) is 0 Å². The molecule has 0 aromatic heterocycles. The molecule has 0 radical (unpaired) electrons. The van der Waals surface area contributed by atoms with E-state index in [0.29, 0.717) is 19.3 Å². The highest BCUT2D eigenvalue weighted by molar-refractivity contribution is 5.71. The molecule has 452 valence electrons. The monoisotopic (exact) mass is 1090 g/mol. The third-order valence-corrected chi connectivity index (χ3v) is 14.9. The third kappa shape index (κ3) is 63.7. The number of hydrogen-bond acceptors (Lipinski definition) is 6. The lowest BCUT2D eigenvalue weighted by Crippen LogP contribution is -2.30. The van der Waals surface area contributed by atoms with Crippen LogP contribution in [-0.4, -0.2) is 37.2 Å². The fraction of sp³-hybridized carbons (Fsp3) is 0.792. The summed E-state index contributed by atoms with van der Waals surface area (Å²) in [6, 6.07) is 0. The van der Waals surface area contributed by atoms with Crippen molar-refractivity contribution < 1.29 is 28.6 Å². The van der Waals surface area contributed by atoms with Gasteiger partial charge in [-0.1, -0.05) is 299 Å². The minimum absolute atomic E-state index is 0.0856. The molecule has 0 N–H and O–H groups in total. The maximum atomic E-state index is 12.9. The molecule has 0 bridgehead atoms. The summed E-state index contributed by atoms with van der Waals surface area (Å²) in [4.78, 5) is 38.2. The van der Waals surface area contributed by atoms with E-state index in [0.717, 1.165) is 109 Å². The lowest BCUT2D eigenvalue weighted by atomic mass is 10.0. The Labute approximate surface area is 484 Å². The summed E-state index contributed by atoms with van der Waals surface area (Å²) in [6.07, 6.45) is 86.7. The van der Waals surface area contributed by atoms with Gasteiger partial charge in [0.25, 0.3) is 0 Å². The summed E-state index contributed by atoms with van der Waals surface area (Å²) in [5, 5.41) is 0. The van der Waals surface area contributed by atoms with Gasteiger partial charge >= 0.3 is 17.9 Å². The molecule has 6 nitrogen and oxygen atoms in total. The van der Waals surface area contributed by atoms with Gasteiger partial charge in [-0.25, -0.2) is 0 Å². The fourth-order valence-corrected chi connectivity index (χ4v) is 9.85. The average Bonchev–Trinajstić information content (AvgIpc) is 3.44. The van der Waals surface area contributed by atoms with Gasteiger partial charge in [-0.05, 0) is 103 Å². The zero-order chi connectivity index (χ0) is 56.4. The summed E-state index contributed by atoms with van der Waals surface area (Å²) in [5.41, 5.74) is 0. The van der Waals surface area contributed by atoms with Gasteiger partial charge in [0.15, 0.2) is 6.10 Å². The number of ether oxygens (including phenoxy) is 3. The maximum Gasteiger partial charge on any atom is 0.306 e. The fourth-order valence-electron chi connectivity index (χ4n) is 9.85. The van der Waals surface area contributed by atoms with E-state index in [1.807, 2.05) is 0 Å². The van der Waals surface area contributed by atoms with E-state index in [2.05, 4.69) is 93.7 Å². The van der Waals surface area contributed by atoms with Crippen LogP contribution < -0.4 is 0 Å². The summed E-state index contributed by atoms with van der Waals surface area (Å²) >= 11 is 0. The first-order valence-electron chi connectivity index (χ1n) is 33.9. The van der Waals surface area contributed by atoms with E-state index < -0.39 is 6.10 Å². The summed E-state index contributed by atoms with van der Waals surface area (Å²) < 4.78 is 16.9. The second-order valence-corrected chi connectivity index (χ2v) is 22.7. The summed E-state index contributed by atoms with van der Waals surface area (Å²) in [6.45, 7) is 6.47. The molecular weight excluding hydrogens is 961 g/mol. The van der Waals surface area contributed by atoms with Gasteiger partial charge in [-0.3, -0.25) is 14.4 Å². The van der Waals surface area contributed by atoms with Crippen molar-refractivity contribution in [1.29, 1.82) is 0 Å². The lowest BCUT2D eigenvalue weighted by molar-refractivity contribution is -0.167. The topological polar surface area (TPSA) is 78.9 Å². The average molecular weight is 1090 g/mol. The van der Waals surface area contributed by atoms with Gasteiger partial charge in [-0.15, -0.1) is 0 Å². The van der Waals surface area contributed by atoms with E-state index >= 15 is 0 Å². The van der Waals surface area contributed by atoms with Crippen molar-refractivity contribution in [1.82, 2.24) is 0 Å². The molecule has 0 aromatic carbocycles. The Balaban J connectivity index is 4.08. The molecular formula is C72H128O6. The van der Waals surface area contributed by atoms with Crippen LogP contribution in [-0.2, 0) is 28.6 Å². The van der Waals surface area contributed by atoms with Gasteiger partial charge in [0.2, 0.25) is 0 Å². The predicted molar refractivity (Wildman–Crippen MR) is 339 cm³/mol. The van der Waals surface area contributed by atoms with E-state index in [-0.39, 0.29) is 31.1 Å². The lowest BCUT2D eigenvalue weighted by Gasteiger charge is -2.18. The Bertz CT molecular complexity index is 1440. The molecule has 1 atom stereocenters. The van der Waals surface area contributed by atoms with E-state index in [1.54, 1.807) is 0 Å². The molecule has 0 fully saturated rings. The van der Waals surface area contributed by atoms with Crippen molar-refractivity contribution in [2.24, 2.45) is 0 Å². The molecule has 0 spiro atoms. The molecule has 0 heterocycles.